The minimum absolute atomic E-state index is 0.452. The molecular formula is C21H28N3P. The second-order valence-electron chi connectivity index (χ2n) is 6.77. The molecule has 1 N–H and O–H groups in total. The Labute approximate surface area is 151 Å². The highest BCUT2D eigenvalue weighted by molar-refractivity contribution is 7.72. The maximum absolute atomic E-state index is 9.72. The first-order chi connectivity index (χ1) is 12.1. The van der Waals surface area contributed by atoms with Gasteiger partial charge in [-0.25, -0.2) is 0 Å². The summed E-state index contributed by atoms with van der Waals surface area (Å²) in [5, 5.41) is 11.0. The van der Waals surface area contributed by atoms with Crippen LogP contribution in [0.25, 0.3) is 0 Å². The van der Waals surface area contributed by atoms with Crippen LogP contribution < -0.4 is 9.34 Å². The molecule has 3 nitrogen and oxygen atoms in total. The van der Waals surface area contributed by atoms with Crippen molar-refractivity contribution in [1.82, 2.24) is 0 Å². The standard InChI is InChI=1S/C21H28N3P/c1-4-21(17-18(2)3)25(22)23(19-11-7-5-8-12-19)15-16-24(25)20-13-9-6-10-14-20/h5-14,17-18,22H,4,15-16H2,1-3H3/b21-17+. The van der Waals surface area contributed by atoms with Crippen LogP contribution in [0, 0.1) is 11.1 Å². The Morgan fingerprint density at radius 1 is 0.960 bits per heavy atom. The van der Waals surface area contributed by atoms with Gasteiger partial charge in [0, 0.05) is 29.8 Å². The minimum atomic E-state index is -2.37. The molecule has 0 amide bonds. The van der Waals surface area contributed by atoms with E-state index in [1.807, 2.05) is 12.1 Å². The van der Waals surface area contributed by atoms with Crippen molar-refractivity contribution in [2.24, 2.45) is 5.92 Å². The predicted molar refractivity (Wildman–Crippen MR) is 110 cm³/mol. The molecule has 2 aromatic carbocycles. The number of anilines is 2. The van der Waals surface area contributed by atoms with Gasteiger partial charge in [-0.05, 0) is 36.6 Å². The number of para-hydroxylation sites is 2. The van der Waals surface area contributed by atoms with Crippen LogP contribution in [-0.4, -0.2) is 13.1 Å². The molecule has 1 fully saturated rings. The highest BCUT2D eigenvalue weighted by Gasteiger charge is 2.41. The van der Waals surface area contributed by atoms with E-state index in [4.69, 9.17) is 0 Å². The number of rotatable bonds is 5. The Hall–Kier alpha value is -1.99. The number of hydrogen-bond donors (Lipinski definition) is 1. The molecule has 0 aromatic heterocycles. The van der Waals surface area contributed by atoms with Gasteiger partial charge in [0.05, 0.1) is 0 Å². The number of hydrogen-bond acceptors (Lipinski definition) is 1. The smallest absolute Gasteiger partial charge is 0.168 e. The van der Waals surface area contributed by atoms with Gasteiger partial charge >= 0.3 is 0 Å². The van der Waals surface area contributed by atoms with Crippen molar-refractivity contribution in [2.75, 3.05) is 22.4 Å². The van der Waals surface area contributed by atoms with Gasteiger partial charge in [0.15, 0.2) is 7.36 Å². The molecule has 0 unspecified atom stereocenters. The number of nitrogens with one attached hydrogen (secondary N) is 1. The zero-order valence-corrected chi connectivity index (χ0v) is 16.3. The van der Waals surface area contributed by atoms with Gasteiger partial charge in [0.2, 0.25) is 0 Å². The molecular weight excluding hydrogens is 325 g/mol. The molecule has 0 atom stereocenters. The van der Waals surface area contributed by atoms with Crippen LogP contribution in [0.2, 0.25) is 0 Å². The van der Waals surface area contributed by atoms with Gasteiger partial charge in [-0.3, -0.25) is 5.16 Å². The van der Waals surface area contributed by atoms with Crippen molar-refractivity contribution in [3.05, 3.63) is 72.1 Å². The lowest BCUT2D eigenvalue weighted by molar-refractivity contribution is 0.822. The van der Waals surface area contributed by atoms with Gasteiger partial charge in [-0.15, -0.1) is 0 Å². The van der Waals surface area contributed by atoms with Gasteiger partial charge in [-0.1, -0.05) is 63.2 Å². The summed E-state index contributed by atoms with van der Waals surface area (Å²) in [5.74, 6) is 0.452. The van der Waals surface area contributed by atoms with Gasteiger partial charge in [-0.2, -0.15) is 0 Å². The Bertz CT molecular complexity index is 717. The average Bonchev–Trinajstić information content (AvgIpc) is 2.99. The monoisotopic (exact) mass is 353 g/mol. The lowest BCUT2D eigenvalue weighted by atomic mass is 10.2. The largest absolute Gasteiger partial charge is 0.318 e. The molecule has 132 valence electrons. The van der Waals surface area contributed by atoms with E-state index >= 15 is 0 Å². The van der Waals surface area contributed by atoms with E-state index in [0.717, 1.165) is 30.9 Å². The van der Waals surface area contributed by atoms with E-state index < -0.39 is 7.36 Å². The normalized spacial score (nSPS) is 17.4. The van der Waals surface area contributed by atoms with Crippen LogP contribution in [0.3, 0.4) is 0 Å². The third-order valence-electron chi connectivity index (χ3n) is 4.62. The second-order valence-corrected chi connectivity index (χ2v) is 9.52. The molecule has 0 saturated carbocycles. The Morgan fingerprint density at radius 3 is 1.76 bits per heavy atom. The molecule has 1 heterocycles. The number of benzene rings is 2. The highest BCUT2D eigenvalue weighted by Crippen LogP contribution is 2.67. The van der Waals surface area contributed by atoms with E-state index in [9.17, 15) is 5.16 Å². The third kappa shape index (κ3) is 3.39. The quantitative estimate of drug-likeness (QED) is 0.616. The van der Waals surface area contributed by atoms with E-state index in [1.165, 1.54) is 5.31 Å². The summed E-state index contributed by atoms with van der Waals surface area (Å²) in [7, 11) is -2.37. The number of allylic oxidation sites excluding steroid dienone is 2. The molecule has 0 radical (unpaired) electrons. The van der Waals surface area contributed by atoms with Crippen molar-refractivity contribution in [3.63, 3.8) is 0 Å². The summed E-state index contributed by atoms with van der Waals surface area (Å²) in [6.07, 6.45) is 3.24. The predicted octanol–water partition coefficient (Wildman–Crippen LogP) is 6.57. The molecule has 4 heteroatoms. The molecule has 1 aliphatic rings. The summed E-state index contributed by atoms with van der Waals surface area (Å²) in [4.78, 5) is 0. The topological polar surface area (TPSA) is 30.3 Å². The number of nitrogens with zero attached hydrogens (tertiary/aromatic N) is 2. The van der Waals surface area contributed by atoms with Crippen LogP contribution in [0.4, 0.5) is 11.4 Å². The average molecular weight is 353 g/mol. The van der Waals surface area contributed by atoms with Crippen LogP contribution >= 0.6 is 7.36 Å². The van der Waals surface area contributed by atoms with Crippen molar-refractivity contribution in [2.45, 2.75) is 27.2 Å². The fourth-order valence-electron chi connectivity index (χ4n) is 3.54. The van der Waals surface area contributed by atoms with Crippen LogP contribution in [0.5, 0.6) is 0 Å². The molecule has 0 spiro atoms. The van der Waals surface area contributed by atoms with Crippen LogP contribution in [-0.2, 0) is 0 Å². The van der Waals surface area contributed by atoms with Crippen molar-refractivity contribution in [1.29, 1.82) is 5.16 Å². The van der Waals surface area contributed by atoms with Crippen LogP contribution in [0.15, 0.2) is 72.1 Å². The second kappa shape index (κ2) is 7.49. The molecule has 3 rings (SSSR count). The molecule has 0 bridgehead atoms. The van der Waals surface area contributed by atoms with E-state index in [2.05, 4.69) is 84.7 Å². The van der Waals surface area contributed by atoms with Crippen molar-refractivity contribution >= 4 is 18.7 Å². The van der Waals surface area contributed by atoms with Crippen molar-refractivity contribution < 1.29 is 0 Å². The van der Waals surface area contributed by atoms with Gasteiger partial charge in [0.25, 0.3) is 0 Å². The molecule has 1 aliphatic heterocycles. The third-order valence-corrected chi connectivity index (χ3v) is 8.15. The van der Waals surface area contributed by atoms with E-state index in [0.29, 0.717) is 5.92 Å². The lowest BCUT2D eigenvalue weighted by Gasteiger charge is -2.38. The van der Waals surface area contributed by atoms with E-state index in [1.54, 1.807) is 0 Å². The maximum Gasteiger partial charge on any atom is 0.168 e. The molecule has 2 aromatic rings. The van der Waals surface area contributed by atoms with Gasteiger partial charge in [0.1, 0.15) is 0 Å². The Kier molecular flexibility index (Phi) is 5.34. The maximum atomic E-state index is 9.72. The fourth-order valence-corrected chi connectivity index (χ4v) is 7.06. The summed E-state index contributed by atoms with van der Waals surface area (Å²) in [5.41, 5.74) is 2.32. The van der Waals surface area contributed by atoms with Gasteiger partial charge < -0.3 is 9.34 Å². The molecule has 0 aliphatic carbocycles. The Morgan fingerprint density at radius 2 is 1.40 bits per heavy atom. The van der Waals surface area contributed by atoms with E-state index in [-0.39, 0.29) is 0 Å². The molecule has 25 heavy (non-hydrogen) atoms. The highest BCUT2D eigenvalue weighted by atomic mass is 31.2. The Balaban J connectivity index is 2.13. The summed E-state index contributed by atoms with van der Waals surface area (Å²) in [6, 6.07) is 20.9. The molecule has 1 saturated heterocycles. The first-order valence-corrected chi connectivity index (χ1v) is 10.8. The first-order valence-electron chi connectivity index (χ1n) is 9.09. The summed E-state index contributed by atoms with van der Waals surface area (Å²) < 4.78 is 4.69. The zero-order chi connectivity index (χ0) is 17.9. The lowest BCUT2D eigenvalue weighted by Crippen LogP contribution is -2.20. The SMILES string of the molecule is CC/C(=C\C(C)C)P1(=N)N(c2ccccc2)CCN1c1ccccc1. The first kappa shape index (κ1) is 17.8. The fraction of sp³-hybridized carbons (Fsp3) is 0.333. The minimum Gasteiger partial charge on any atom is -0.318 e. The van der Waals surface area contributed by atoms with Crippen LogP contribution in [0.1, 0.15) is 27.2 Å². The zero-order valence-electron chi connectivity index (χ0n) is 15.4. The van der Waals surface area contributed by atoms with Crippen molar-refractivity contribution in [3.8, 4) is 0 Å². The summed E-state index contributed by atoms with van der Waals surface area (Å²) in [6.45, 7) is 8.39. The summed E-state index contributed by atoms with van der Waals surface area (Å²) >= 11 is 0.